The maximum atomic E-state index is 12.3. The predicted octanol–water partition coefficient (Wildman–Crippen LogP) is 4.74. The third kappa shape index (κ3) is 6.83. The van der Waals surface area contributed by atoms with Crippen LogP contribution in [0.3, 0.4) is 0 Å². The number of carbonyl (C=O) groups excluding carboxylic acids is 1. The molecule has 1 heterocycles. The molecule has 0 aliphatic carbocycles. The molecule has 178 valence electrons. The number of hydrogen-bond donors (Lipinski definition) is 3. The van der Waals surface area contributed by atoms with Gasteiger partial charge in [-0.15, -0.1) is 10.2 Å². The fourth-order valence-electron chi connectivity index (χ4n) is 3.29. The number of anilines is 1. The van der Waals surface area contributed by atoms with Crippen molar-refractivity contribution >= 4 is 52.2 Å². The number of phenolic OH excluding ortho intramolecular Hbond substituents is 1. The molecule has 3 aromatic carbocycles. The first-order chi connectivity index (χ1) is 17.0. The van der Waals surface area contributed by atoms with E-state index >= 15 is 0 Å². The number of halogens is 1. The number of hydrazone groups is 1. The van der Waals surface area contributed by atoms with Crippen molar-refractivity contribution in [1.82, 2.24) is 20.2 Å². The highest BCUT2D eigenvalue weighted by Crippen LogP contribution is 2.24. The molecule has 10 heteroatoms. The molecule has 0 spiro atoms. The van der Waals surface area contributed by atoms with Crippen molar-refractivity contribution in [2.24, 2.45) is 5.10 Å². The Bertz CT molecular complexity index is 1340. The fourth-order valence-corrected chi connectivity index (χ4v) is 4.70. The number of thioether (sulfide) groups is 1. The second-order valence-electron chi connectivity index (χ2n) is 7.56. The highest BCUT2D eigenvalue weighted by molar-refractivity contribution is 14.1. The van der Waals surface area contributed by atoms with Gasteiger partial charge in [-0.1, -0.05) is 42.1 Å². The van der Waals surface area contributed by atoms with Crippen LogP contribution >= 0.6 is 34.4 Å². The molecule has 0 saturated heterocycles. The van der Waals surface area contributed by atoms with Crippen molar-refractivity contribution in [1.29, 1.82) is 0 Å². The molecule has 3 N–H and O–H groups in total. The van der Waals surface area contributed by atoms with Crippen LogP contribution in [0, 0.1) is 10.5 Å². The molecule has 0 fully saturated rings. The maximum Gasteiger partial charge on any atom is 0.250 e. The second-order valence-corrected chi connectivity index (χ2v) is 9.75. The molecular weight excluding hydrogens is 575 g/mol. The van der Waals surface area contributed by atoms with Crippen LogP contribution in [0.4, 0.5) is 5.69 Å². The summed E-state index contributed by atoms with van der Waals surface area (Å²) in [7, 11) is 0. The average molecular weight is 598 g/mol. The molecule has 0 bridgehead atoms. The van der Waals surface area contributed by atoms with Gasteiger partial charge in [0.05, 0.1) is 18.5 Å². The fraction of sp³-hybridized carbons (Fsp3) is 0.120. The Balaban J connectivity index is 1.44. The molecule has 0 aliphatic heterocycles. The van der Waals surface area contributed by atoms with Gasteiger partial charge in [-0.25, -0.2) is 5.43 Å². The molecule has 0 saturated carbocycles. The largest absolute Gasteiger partial charge is 0.508 e. The first-order valence-electron chi connectivity index (χ1n) is 10.7. The zero-order valence-electron chi connectivity index (χ0n) is 18.9. The van der Waals surface area contributed by atoms with E-state index in [0.717, 1.165) is 22.8 Å². The molecule has 35 heavy (non-hydrogen) atoms. The Hall–Kier alpha value is -3.38. The number of aromatic hydroxyl groups is 1. The number of aryl methyl sites for hydroxylation is 1. The average Bonchev–Trinajstić information content (AvgIpc) is 3.25. The molecule has 4 aromatic rings. The van der Waals surface area contributed by atoms with E-state index in [0.29, 0.717) is 17.3 Å². The Kier molecular flexibility index (Phi) is 8.37. The summed E-state index contributed by atoms with van der Waals surface area (Å²) in [6, 6.07) is 22.6. The lowest BCUT2D eigenvalue weighted by Crippen LogP contribution is -2.20. The first kappa shape index (κ1) is 24.7. The van der Waals surface area contributed by atoms with Crippen LogP contribution in [-0.2, 0) is 11.3 Å². The second kappa shape index (κ2) is 11.8. The molecular formula is C25H23IN6O2S. The third-order valence-corrected chi connectivity index (χ3v) is 6.55. The van der Waals surface area contributed by atoms with E-state index in [-0.39, 0.29) is 17.4 Å². The van der Waals surface area contributed by atoms with Gasteiger partial charge >= 0.3 is 0 Å². The zero-order valence-corrected chi connectivity index (χ0v) is 21.8. The van der Waals surface area contributed by atoms with Crippen molar-refractivity contribution in [3.8, 4) is 11.4 Å². The van der Waals surface area contributed by atoms with Gasteiger partial charge in [-0.2, -0.15) is 5.10 Å². The van der Waals surface area contributed by atoms with E-state index in [4.69, 9.17) is 0 Å². The van der Waals surface area contributed by atoms with Crippen LogP contribution in [0.2, 0.25) is 0 Å². The summed E-state index contributed by atoms with van der Waals surface area (Å²) >= 11 is 3.58. The van der Waals surface area contributed by atoms with E-state index in [1.54, 1.807) is 24.3 Å². The summed E-state index contributed by atoms with van der Waals surface area (Å²) < 4.78 is 3.13. The Morgan fingerprint density at radius 1 is 1.11 bits per heavy atom. The summed E-state index contributed by atoms with van der Waals surface area (Å²) in [4.78, 5) is 12.3. The molecule has 8 nitrogen and oxygen atoms in total. The Labute approximate surface area is 221 Å². The minimum Gasteiger partial charge on any atom is -0.508 e. The van der Waals surface area contributed by atoms with Crippen LogP contribution in [0.1, 0.15) is 17.0 Å². The van der Waals surface area contributed by atoms with E-state index in [1.165, 1.54) is 21.5 Å². The number of phenols is 1. The van der Waals surface area contributed by atoms with Gasteiger partial charge in [0.1, 0.15) is 5.75 Å². The number of nitrogens with one attached hydrogen (secondary N) is 2. The lowest BCUT2D eigenvalue weighted by Gasteiger charge is -2.12. The Morgan fingerprint density at radius 3 is 2.71 bits per heavy atom. The first-order valence-corrected chi connectivity index (χ1v) is 12.8. The standard InChI is InChI=1S/C25H23IN6O2S/c1-17-12-19(26)10-11-22(17)27-15-23-29-31-25(32(23)20-7-3-2-4-8-20)35-16-24(34)30-28-14-18-6-5-9-21(33)13-18/h2-14,27,33H,15-16H2,1H3,(H,30,34)/b28-14-. The number of aromatic nitrogens is 3. The van der Waals surface area contributed by atoms with Crippen molar-refractivity contribution in [2.45, 2.75) is 18.6 Å². The van der Waals surface area contributed by atoms with Crippen LogP contribution < -0.4 is 10.7 Å². The van der Waals surface area contributed by atoms with Gasteiger partial charge in [-0.3, -0.25) is 9.36 Å². The van der Waals surface area contributed by atoms with Gasteiger partial charge in [0, 0.05) is 14.9 Å². The van der Waals surface area contributed by atoms with E-state index in [9.17, 15) is 9.90 Å². The monoisotopic (exact) mass is 598 g/mol. The third-order valence-electron chi connectivity index (χ3n) is 4.95. The van der Waals surface area contributed by atoms with Crippen molar-refractivity contribution in [2.75, 3.05) is 11.1 Å². The molecule has 0 unspecified atom stereocenters. The van der Waals surface area contributed by atoms with E-state index in [1.807, 2.05) is 34.9 Å². The molecule has 0 atom stereocenters. The number of nitrogens with zero attached hydrogens (tertiary/aromatic N) is 4. The number of carbonyl (C=O) groups is 1. The van der Waals surface area contributed by atoms with Crippen LogP contribution in [-0.4, -0.2) is 37.7 Å². The van der Waals surface area contributed by atoms with Gasteiger partial charge in [0.2, 0.25) is 0 Å². The van der Waals surface area contributed by atoms with Crippen molar-refractivity contribution in [3.05, 3.63) is 93.3 Å². The lowest BCUT2D eigenvalue weighted by atomic mass is 10.2. The smallest absolute Gasteiger partial charge is 0.250 e. The van der Waals surface area contributed by atoms with Crippen molar-refractivity contribution in [3.63, 3.8) is 0 Å². The lowest BCUT2D eigenvalue weighted by molar-refractivity contribution is -0.118. The number of amides is 1. The number of rotatable bonds is 9. The van der Waals surface area contributed by atoms with Crippen molar-refractivity contribution < 1.29 is 9.90 Å². The normalized spacial score (nSPS) is 11.0. The van der Waals surface area contributed by atoms with Crippen LogP contribution in [0.25, 0.3) is 5.69 Å². The topological polar surface area (TPSA) is 104 Å². The minimum atomic E-state index is -0.275. The number of para-hydroxylation sites is 1. The summed E-state index contributed by atoms with van der Waals surface area (Å²) in [5.41, 5.74) is 6.29. The summed E-state index contributed by atoms with van der Waals surface area (Å²) in [6.45, 7) is 2.54. The van der Waals surface area contributed by atoms with Gasteiger partial charge < -0.3 is 10.4 Å². The molecule has 1 aromatic heterocycles. The van der Waals surface area contributed by atoms with Crippen LogP contribution in [0.15, 0.2) is 83.1 Å². The van der Waals surface area contributed by atoms with Gasteiger partial charge in [0.25, 0.3) is 5.91 Å². The van der Waals surface area contributed by atoms with Gasteiger partial charge in [0.15, 0.2) is 11.0 Å². The van der Waals surface area contributed by atoms with E-state index < -0.39 is 0 Å². The molecule has 0 aliphatic rings. The highest BCUT2D eigenvalue weighted by atomic mass is 127. The van der Waals surface area contributed by atoms with Gasteiger partial charge in [-0.05, 0) is 83.1 Å². The Morgan fingerprint density at radius 2 is 1.94 bits per heavy atom. The number of hydrogen-bond acceptors (Lipinski definition) is 7. The minimum absolute atomic E-state index is 0.117. The maximum absolute atomic E-state index is 12.3. The zero-order chi connectivity index (χ0) is 24.6. The summed E-state index contributed by atoms with van der Waals surface area (Å²) in [5, 5.41) is 26.2. The number of benzene rings is 3. The highest BCUT2D eigenvalue weighted by Gasteiger charge is 2.16. The SMILES string of the molecule is Cc1cc(I)ccc1NCc1nnc(SCC(=O)N/N=C\c2cccc(O)c2)n1-c1ccccc1. The van der Waals surface area contributed by atoms with Crippen LogP contribution in [0.5, 0.6) is 5.75 Å². The quantitative estimate of drug-likeness (QED) is 0.111. The molecule has 1 amide bonds. The molecule has 4 rings (SSSR count). The molecule has 0 radical (unpaired) electrons. The van der Waals surface area contributed by atoms with E-state index in [2.05, 4.69) is 73.8 Å². The predicted molar refractivity (Wildman–Crippen MR) is 147 cm³/mol. The summed E-state index contributed by atoms with van der Waals surface area (Å²) in [6.07, 6.45) is 1.48. The summed E-state index contributed by atoms with van der Waals surface area (Å²) in [5.74, 6) is 0.715.